The number of aliphatic hydroxyl groups is 1. The molecule has 0 amide bonds. The Morgan fingerprint density at radius 2 is 1.80 bits per heavy atom. The van der Waals surface area contributed by atoms with Gasteiger partial charge in [0.15, 0.2) is 0 Å². The van der Waals surface area contributed by atoms with E-state index in [2.05, 4.69) is 6.92 Å². The van der Waals surface area contributed by atoms with Crippen LogP contribution in [0.2, 0.25) is 0 Å². The highest BCUT2D eigenvalue weighted by atomic mass is 16.4. The molecule has 0 aliphatic carbocycles. The minimum absolute atomic E-state index is 0.257. The third kappa shape index (κ3) is 4.64. The molecule has 3 unspecified atom stereocenters. The molecule has 3 heteroatoms. The maximum Gasteiger partial charge on any atom is 0.310 e. The summed E-state index contributed by atoms with van der Waals surface area (Å²) < 4.78 is 0. The molecule has 0 bridgehead atoms. The van der Waals surface area contributed by atoms with Crippen molar-refractivity contribution in [2.75, 3.05) is 0 Å². The summed E-state index contributed by atoms with van der Waals surface area (Å²) in [6, 6.07) is 7.74. The molecule has 3 atom stereocenters. The van der Waals surface area contributed by atoms with Crippen LogP contribution in [0.4, 0.5) is 0 Å². The summed E-state index contributed by atoms with van der Waals surface area (Å²) in [5, 5.41) is 19.0. The molecule has 0 aliphatic rings. The number of hydrogen-bond donors (Lipinski definition) is 2. The fourth-order valence-corrected chi connectivity index (χ4v) is 2.52. The van der Waals surface area contributed by atoms with Crippen LogP contribution >= 0.6 is 0 Å². The van der Waals surface area contributed by atoms with Crippen LogP contribution in [0.3, 0.4) is 0 Å². The van der Waals surface area contributed by atoms with Gasteiger partial charge in [-0.05, 0) is 43.2 Å². The Morgan fingerprint density at radius 1 is 1.20 bits per heavy atom. The maximum atomic E-state index is 10.9. The fourth-order valence-electron chi connectivity index (χ4n) is 2.52. The second-order valence-corrected chi connectivity index (χ2v) is 5.53. The van der Waals surface area contributed by atoms with Crippen molar-refractivity contribution < 1.29 is 15.0 Å². The number of benzene rings is 1. The molecule has 0 heterocycles. The molecule has 0 fully saturated rings. The van der Waals surface area contributed by atoms with Crippen LogP contribution in [0, 0.1) is 5.92 Å². The fraction of sp³-hybridized carbons (Fsp3) is 0.588. The highest BCUT2D eigenvalue weighted by Gasteiger charge is 2.18. The lowest BCUT2D eigenvalue weighted by molar-refractivity contribution is -0.138. The van der Waals surface area contributed by atoms with Crippen molar-refractivity contribution in [2.45, 2.75) is 58.5 Å². The van der Waals surface area contributed by atoms with E-state index in [4.69, 9.17) is 5.11 Å². The van der Waals surface area contributed by atoms with Gasteiger partial charge in [0.05, 0.1) is 12.0 Å². The van der Waals surface area contributed by atoms with Crippen LogP contribution in [0.25, 0.3) is 0 Å². The van der Waals surface area contributed by atoms with E-state index < -0.39 is 11.9 Å². The molecule has 0 radical (unpaired) electrons. The molecule has 112 valence electrons. The van der Waals surface area contributed by atoms with Gasteiger partial charge in [0, 0.05) is 0 Å². The van der Waals surface area contributed by atoms with Crippen molar-refractivity contribution in [3.05, 3.63) is 35.4 Å². The molecule has 1 rings (SSSR count). The van der Waals surface area contributed by atoms with Crippen molar-refractivity contribution in [1.82, 2.24) is 0 Å². The van der Waals surface area contributed by atoms with Crippen molar-refractivity contribution in [3.63, 3.8) is 0 Å². The van der Waals surface area contributed by atoms with Gasteiger partial charge < -0.3 is 10.2 Å². The molecule has 20 heavy (non-hydrogen) atoms. The first-order chi connectivity index (χ1) is 9.49. The van der Waals surface area contributed by atoms with Crippen LogP contribution < -0.4 is 0 Å². The van der Waals surface area contributed by atoms with Crippen molar-refractivity contribution in [1.29, 1.82) is 0 Å². The van der Waals surface area contributed by atoms with Crippen LogP contribution in [0.1, 0.15) is 57.1 Å². The van der Waals surface area contributed by atoms with Crippen LogP contribution in [0.5, 0.6) is 0 Å². The standard InChI is InChI=1S/C17H26O3/c1-4-6-15(16(18)5-2)11-13-7-9-14(10-8-13)12(3)17(19)20/h7-10,12,15-16,18H,4-6,11H2,1-3H3,(H,19,20). The van der Waals surface area contributed by atoms with Gasteiger partial charge in [0.1, 0.15) is 0 Å². The summed E-state index contributed by atoms with van der Waals surface area (Å²) in [5.41, 5.74) is 1.99. The number of aliphatic hydroxyl groups excluding tert-OH is 1. The van der Waals surface area contributed by atoms with Crippen LogP contribution in [-0.2, 0) is 11.2 Å². The lowest BCUT2D eigenvalue weighted by Gasteiger charge is -2.21. The quantitative estimate of drug-likeness (QED) is 0.763. The Bertz CT molecular complexity index is 411. The molecule has 3 nitrogen and oxygen atoms in total. The number of aliphatic carboxylic acids is 1. The molecule has 0 saturated heterocycles. The van der Waals surface area contributed by atoms with E-state index in [-0.39, 0.29) is 12.0 Å². The number of rotatable bonds is 8. The number of carboxylic acid groups (broad SMARTS) is 1. The maximum absolute atomic E-state index is 10.9. The summed E-state index contributed by atoms with van der Waals surface area (Å²) >= 11 is 0. The topological polar surface area (TPSA) is 57.5 Å². The Hall–Kier alpha value is -1.35. The van der Waals surface area contributed by atoms with E-state index in [0.29, 0.717) is 0 Å². The minimum Gasteiger partial charge on any atom is -0.481 e. The largest absolute Gasteiger partial charge is 0.481 e. The molecule has 1 aromatic rings. The lowest BCUT2D eigenvalue weighted by atomic mass is 9.88. The number of hydrogen-bond acceptors (Lipinski definition) is 2. The predicted octanol–water partition coefficient (Wildman–Crippen LogP) is 3.60. The van der Waals surface area contributed by atoms with E-state index in [1.54, 1.807) is 6.92 Å². The zero-order valence-corrected chi connectivity index (χ0v) is 12.7. The molecule has 0 spiro atoms. The summed E-state index contributed by atoms with van der Waals surface area (Å²) in [6.07, 6.45) is 3.45. The van der Waals surface area contributed by atoms with Gasteiger partial charge in [0.2, 0.25) is 0 Å². The first-order valence-corrected chi connectivity index (χ1v) is 7.49. The summed E-state index contributed by atoms with van der Waals surface area (Å²) in [5.74, 6) is -0.993. The van der Waals surface area contributed by atoms with E-state index in [1.165, 1.54) is 0 Å². The first-order valence-electron chi connectivity index (χ1n) is 7.49. The molecular weight excluding hydrogens is 252 g/mol. The van der Waals surface area contributed by atoms with Crippen LogP contribution in [-0.4, -0.2) is 22.3 Å². The highest BCUT2D eigenvalue weighted by molar-refractivity contribution is 5.75. The Balaban J connectivity index is 2.74. The molecule has 0 aromatic heterocycles. The summed E-state index contributed by atoms with van der Waals surface area (Å²) in [7, 11) is 0. The lowest BCUT2D eigenvalue weighted by Crippen LogP contribution is -2.21. The van der Waals surface area contributed by atoms with E-state index in [0.717, 1.165) is 36.8 Å². The average molecular weight is 278 g/mol. The van der Waals surface area contributed by atoms with Gasteiger partial charge in [-0.3, -0.25) is 4.79 Å². The van der Waals surface area contributed by atoms with Gasteiger partial charge in [-0.25, -0.2) is 0 Å². The van der Waals surface area contributed by atoms with E-state index in [1.807, 2.05) is 31.2 Å². The molecular formula is C17H26O3. The Morgan fingerprint density at radius 3 is 2.25 bits per heavy atom. The molecule has 2 N–H and O–H groups in total. The first kappa shape index (κ1) is 16.7. The zero-order valence-electron chi connectivity index (χ0n) is 12.7. The SMILES string of the molecule is CCCC(Cc1ccc(C(C)C(=O)O)cc1)C(O)CC. The average Bonchev–Trinajstić information content (AvgIpc) is 2.45. The predicted molar refractivity (Wildman–Crippen MR) is 80.9 cm³/mol. The Kier molecular flexibility index (Phi) is 6.73. The van der Waals surface area contributed by atoms with E-state index in [9.17, 15) is 9.90 Å². The van der Waals surface area contributed by atoms with Gasteiger partial charge in [-0.1, -0.05) is 44.5 Å². The van der Waals surface area contributed by atoms with Gasteiger partial charge in [0.25, 0.3) is 0 Å². The van der Waals surface area contributed by atoms with Crippen LogP contribution in [0.15, 0.2) is 24.3 Å². The van der Waals surface area contributed by atoms with Gasteiger partial charge >= 0.3 is 5.97 Å². The molecule has 0 saturated carbocycles. The third-order valence-corrected chi connectivity index (χ3v) is 3.97. The van der Waals surface area contributed by atoms with Crippen molar-refractivity contribution in [3.8, 4) is 0 Å². The van der Waals surface area contributed by atoms with Gasteiger partial charge in [-0.15, -0.1) is 0 Å². The monoisotopic (exact) mass is 278 g/mol. The second kappa shape index (κ2) is 8.05. The van der Waals surface area contributed by atoms with E-state index >= 15 is 0 Å². The zero-order chi connectivity index (χ0) is 15.1. The summed E-state index contributed by atoms with van der Waals surface area (Å²) in [6.45, 7) is 5.83. The molecule has 1 aromatic carbocycles. The summed E-state index contributed by atoms with van der Waals surface area (Å²) in [4.78, 5) is 10.9. The third-order valence-electron chi connectivity index (χ3n) is 3.97. The minimum atomic E-state index is -0.803. The molecule has 0 aliphatic heterocycles. The number of carboxylic acids is 1. The van der Waals surface area contributed by atoms with Crippen molar-refractivity contribution in [2.24, 2.45) is 5.92 Å². The Labute approximate surface area is 121 Å². The number of carbonyl (C=O) groups is 1. The highest BCUT2D eigenvalue weighted by Crippen LogP contribution is 2.22. The van der Waals surface area contributed by atoms with Crippen molar-refractivity contribution >= 4 is 5.97 Å². The normalized spacial score (nSPS) is 15.6. The second-order valence-electron chi connectivity index (χ2n) is 5.53. The van der Waals surface area contributed by atoms with Gasteiger partial charge in [-0.2, -0.15) is 0 Å². The smallest absolute Gasteiger partial charge is 0.310 e.